The number of hydrogen-bond acceptors (Lipinski definition) is 6. The van der Waals surface area contributed by atoms with Crippen molar-refractivity contribution < 1.29 is 4.79 Å². The van der Waals surface area contributed by atoms with Crippen LogP contribution in [0.3, 0.4) is 0 Å². The van der Waals surface area contributed by atoms with Crippen LogP contribution < -0.4 is 10.2 Å². The molecule has 0 atom stereocenters. The Morgan fingerprint density at radius 3 is 2.33 bits per heavy atom. The molecule has 0 spiro atoms. The number of amides is 1. The molecule has 0 aliphatic carbocycles. The third-order valence-corrected chi connectivity index (χ3v) is 4.54. The fourth-order valence-corrected chi connectivity index (χ4v) is 3.00. The summed E-state index contributed by atoms with van der Waals surface area (Å²) >= 11 is 0. The molecule has 134 valence electrons. The lowest BCUT2D eigenvalue weighted by molar-refractivity contribution is -0.131. The molecule has 3 rings (SSSR count). The minimum atomic E-state index is 0. The molecular weight excluding hydrogens is 328 g/mol. The van der Waals surface area contributed by atoms with Gasteiger partial charge >= 0.3 is 0 Å². The number of nitrogens with one attached hydrogen (secondary N) is 1. The SMILES string of the molecule is CN1CCN(C(=O)CNCc2cnc(N3CCCC3)nc2)CC1.Cl. The molecule has 1 N–H and O–H groups in total. The summed E-state index contributed by atoms with van der Waals surface area (Å²) in [5.41, 5.74) is 1.01. The molecular formula is C16H27ClN6O. The third kappa shape index (κ3) is 5.03. The van der Waals surface area contributed by atoms with E-state index in [1.807, 2.05) is 17.3 Å². The number of aromatic nitrogens is 2. The second-order valence-corrected chi connectivity index (χ2v) is 6.37. The van der Waals surface area contributed by atoms with E-state index in [2.05, 4.69) is 32.1 Å². The maximum absolute atomic E-state index is 12.1. The van der Waals surface area contributed by atoms with Gasteiger partial charge in [-0.2, -0.15) is 0 Å². The van der Waals surface area contributed by atoms with Crippen LogP contribution in [0.5, 0.6) is 0 Å². The highest BCUT2D eigenvalue weighted by atomic mass is 35.5. The summed E-state index contributed by atoms with van der Waals surface area (Å²) < 4.78 is 0. The van der Waals surface area contributed by atoms with E-state index in [-0.39, 0.29) is 18.3 Å². The standard InChI is InChI=1S/C16H26N6O.ClH/c1-20-6-8-21(9-7-20)15(23)13-17-10-14-11-18-16(19-12-14)22-4-2-3-5-22;/h11-12,17H,2-10,13H2,1H3;1H. The highest BCUT2D eigenvalue weighted by molar-refractivity contribution is 5.85. The van der Waals surface area contributed by atoms with Gasteiger partial charge in [-0.05, 0) is 19.9 Å². The fraction of sp³-hybridized carbons (Fsp3) is 0.688. The number of likely N-dealkylation sites (N-methyl/N-ethyl adjacent to an activating group) is 1. The molecule has 0 unspecified atom stereocenters. The van der Waals surface area contributed by atoms with Gasteiger partial charge in [-0.15, -0.1) is 12.4 Å². The van der Waals surface area contributed by atoms with Gasteiger partial charge in [0.25, 0.3) is 0 Å². The van der Waals surface area contributed by atoms with Gasteiger partial charge in [-0.3, -0.25) is 4.79 Å². The first-order valence-corrected chi connectivity index (χ1v) is 8.45. The predicted octanol–water partition coefficient (Wildman–Crippen LogP) is 0.362. The summed E-state index contributed by atoms with van der Waals surface area (Å²) in [5, 5.41) is 3.20. The average Bonchev–Trinajstić information content (AvgIpc) is 3.10. The van der Waals surface area contributed by atoms with Crippen LogP contribution in [0.1, 0.15) is 18.4 Å². The Morgan fingerprint density at radius 2 is 1.71 bits per heavy atom. The molecule has 3 heterocycles. The zero-order valence-electron chi connectivity index (χ0n) is 14.3. The van der Waals surface area contributed by atoms with Crippen LogP contribution in [0.25, 0.3) is 0 Å². The molecule has 0 radical (unpaired) electrons. The second-order valence-electron chi connectivity index (χ2n) is 6.37. The lowest BCUT2D eigenvalue weighted by Gasteiger charge is -2.32. The molecule has 0 aromatic carbocycles. The van der Waals surface area contributed by atoms with Crippen molar-refractivity contribution in [3.63, 3.8) is 0 Å². The lowest BCUT2D eigenvalue weighted by Crippen LogP contribution is -2.49. The first-order valence-electron chi connectivity index (χ1n) is 8.45. The normalized spacial score (nSPS) is 18.5. The Bertz CT molecular complexity index is 512. The molecule has 7 nitrogen and oxygen atoms in total. The van der Waals surface area contributed by atoms with Crippen LogP contribution >= 0.6 is 12.4 Å². The Labute approximate surface area is 149 Å². The van der Waals surface area contributed by atoms with Crippen LogP contribution in [0.4, 0.5) is 5.95 Å². The van der Waals surface area contributed by atoms with Crippen LogP contribution in [-0.2, 0) is 11.3 Å². The van der Waals surface area contributed by atoms with Crippen molar-refractivity contribution in [1.29, 1.82) is 0 Å². The molecule has 24 heavy (non-hydrogen) atoms. The highest BCUT2D eigenvalue weighted by Crippen LogP contribution is 2.14. The molecule has 2 aliphatic rings. The number of hydrogen-bond donors (Lipinski definition) is 1. The first kappa shape index (κ1) is 18.9. The smallest absolute Gasteiger partial charge is 0.236 e. The average molecular weight is 355 g/mol. The Morgan fingerprint density at radius 1 is 1.08 bits per heavy atom. The quantitative estimate of drug-likeness (QED) is 0.824. The van der Waals surface area contributed by atoms with Gasteiger partial charge in [0.15, 0.2) is 0 Å². The summed E-state index contributed by atoms with van der Waals surface area (Å²) in [6.07, 6.45) is 6.16. The van der Waals surface area contributed by atoms with Crippen LogP contribution in [0.15, 0.2) is 12.4 Å². The van der Waals surface area contributed by atoms with Crippen LogP contribution in [0.2, 0.25) is 0 Å². The van der Waals surface area contributed by atoms with Gasteiger partial charge in [0.1, 0.15) is 0 Å². The molecule has 0 saturated carbocycles. The van der Waals surface area contributed by atoms with E-state index in [0.29, 0.717) is 13.1 Å². The van der Waals surface area contributed by atoms with Crippen molar-refractivity contribution in [1.82, 2.24) is 25.1 Å². The summed E-state index contributed by atoms with van der Waals surface area (Å²) in [5.74, 6) is 0.993. The van der Waals surface area contributed by atoms with Gasteiger partial charge < -0.3 is 20.0 Å². The van der Waals surface area contributed by atoms with Gasteiger partial charge in [-0.1, -0.05) is 0 Å². The number of nitrogens with zero attached hydrogens (tertiary/aromatic N) is 5. The summed E-state index contributed by atoms with van der Waals surface area (Å²) in [4.78, 5) is 27.4. The number of halogens is 1. The Hall–Kier alpha value is -1.44. The van der Waals surface area contributed by atoms with E-state index in [9.17, 15) is 4.79 Å². The number of carbonyl (C=O) groups is 1. The van der Waals surface area contributed by atoms with Gasteiger partial charge in [0.05, 0.1) is 6.54 Å². The van der Waals surface area contributed by atoms with Gasteiger partial charge in [-0.25, -0.2) is 9.97 Å². The van der Waals surface area contributed by atoms with E-state index in [0.717, 1.165) is 50.8 Å². The maximum atomic E-state index is 12.1. The van der Waals surface area contributed by atoms with Crippen molar-refractivity contribution in [2.75, 3.05) is 57.8 Å². The predicted molar refractivity (Wildman–Crippen MR) is 96.5 cm³/mol. The lowest BCUT2D eigenvalue weighted by atomic mass is 10.3. The zero-order chi connectivity index (χ0) is 16.1. The number of piperazine rings is 1. The minimum absolute atomic E-state index is 0. The second kappa shape index (κ2) is 9.15. The van der Waals surface area contributed by atoms with E-state index < -0.39 is 0 Å². The molecule has 1 amide bonds. The maximum Gasteiger partial charge on any atom is 0.236 e. The largest absolute Gasteiger partial charge is 0.341 e. The molecule has 2 aliphatic heterocycles. The molecule has 2 saturated heterocycles. The zero-order valence-corrected chi connectivity index (χ0v) is 15.1. The van der Waals surface area contributed by atoms with E-state index in [1.54, 1.807) is 0 Å². The number of carbonyl (C=O) groups excluding carboxylic acids is 1. The minimum Gasteiger partial charge on any atom is -0.341 e. The van der Waals surface area contributed by atoms with E-state index in [4.69, 9.17) is 0 Å². The van der Waals surface area contributed by atoms with Crippen molar-refractivity contribution in [2.45, 2.75) is 19.4 Å². The molecule has 1 aromatic rings. The summed E-state index contributed by atoms with van der Waals surface area (Å²) in [6.45, 7) is 6.66. The van der Waals surface area contributed by atoms with Crippen LogP contribution in [0, 0.1) is 0 Å². The Balaban J connectivity index is 0.00000208. The molecule has 0 bridgehead atoms. The van der Waals surface area contributed by atoms with E-state index in [1.165, 1.54) is 12.8 Å². The monoisotopic (exact) mass is 354 g/mol. The fourth-order valence-electron chi connectivity index (χ4n) is 3.00. The first-order chi connectivity index (χ1) is 11.2. The summed E-state index contributed by atoms with van der Waals surface area (Å²) in [6, 6.07) is 0. The molecule has 2 fully saturated rings. The number of rotatable bonds is 5. The highest BCUT2D eigenvalue weighted by Gasteiger charge is 2.18. The number of anilines is 1. The Kier molecular flexibility index (Phi) is 7.20. The third-order valence-electron chi connectivity index (χ3n) is 4.54. The molecule has 8 heteroatoms. The van der Waals surface area contributed by atoms with Gasteiger partial charge in [0.2, 0.25) is 11.9 Å². The topological polar surface area (TPSA) is 64.6 Å². The van der Waals surface area contributed by atoms with Crippen molar-refractivity contribution >= 4 is 24.3 Å². The van der Waals surface area contributed by atoms with Crippen molar-refractivity contribution in [2.24, 2.45) is 0 Å². The summed E-state index contributed by atoms with van der Waals surface area (Å²) in [7, 11) is 2.09. The van der Waals surface area contributed by atoms with Crippen LogP contribution in [-0.4, -0.2) is 78.5 Å². The molecule has 1 aromatic heterocycles. The van der Waals surface area contributed by atoms with Crippen molar-refractivity contribution in [3.8, 4) is 0 Å². The van der Waals surface area contributed by atoms with Crippen molar-refractivity contribution in [3.05, 3.63) is 18.0 Å². The van der Waals surface area contributed by atoms with Gasteiger partial charge in [0, 0.05) is 63.8 Å². The van der Waals surface area contributed by atoms with E-state index >= 15 is 0 Å².